The second-order valence-electron chi connectivity index (χ2n) is 9.27. The van der Waals surface area contributed by atoms with E-state index in [-0.39, 0.29) is 43.5 Å². The van der Waals surface area contributed by atoms with Gasteiger partial charge in [-0.05, 0) is 35.7 Å². The molecule has 0 aromatic heterocycles. The van der Waals surface area contributed by atoms with Crippen molar-refractivity contribution in [3.8, 4) is 17.2 Å². The Morgan fingerprint density at radius 2 is 0.978 bits per heavy atom. The maximum atomic E-state index is 11.9. The van der Waals surface area contributed by atoms with Crippen LogP contribution < -0.4 is 0 Å². The third kappa shape index (κ3) is 6.43. The molecule has 5 aromatic rings. The van der Waals surface area contributed by atoms with Gasteiger partial charge in [-0.1, -0.05) is 24.3 Å². The predicted octanol–water partition coefficient (Wildman–Crippen LogP) is 5.68. The number of rotatable bonds is 7. The SMILES string of the molecule is O=S(=O)(O)c1cc(O)c2c(N=Nc3cc(N=Nc4ccc(S(=O)(=O)O)c5ccccc45)c(O)cc3O)cc(S(=O)(=O)O)cc2c1. The highest BCUT2D eigenvalue weighted by molar-refractivity contribution is 7.86. The molecule has 5 aromatic carbocycles. The van der Waals surface area contributed by atoms with E-state index < -0.39 is 63.1 Å². The fourth-order valence-electron chi connectivity index (χ4n) is 4.29. The first-order chi connectivity index (χ1) is 20.9. The molecular weight excluding hydrogens is 657 g/mol. The molecule has 0 atom stereocenters. The highest BCUT2D eigenvalue weighted by Crippen LogP contribution is 2.43. The average Bonchev–Trinajstić information content (AvgIpc) is 2.94. The second kappa shape index (κ2) is 11.1. The van der Waals surface area contributed by atoms with E-state index in [1.807, 2.05) is 0 Å². The van der Waals surface area contributed by atoms with Gasteiger partial charge in [0.05, 0.1) is 26.6 Å². The Morgan fingerprint density at radius 1 is 0.467 bits per heavy atom. The molecule has 0 aliphatic heterocycles. The van der Waals surface area contributed by atoms with Crippen LogP contribution in [0, 0.1) is 0 Å². The van der Waals surface area contributed by atoms with Crippen LogP contribution in [0.2, 0.25) is 0 Å². The molecule has 0 radical (unpaired) electrons. The molecule has 0 spiro atoms. The molecule has 0 aliphatic carbocycles. The smallest absolute Gasteiger partial charge is 0.295 e. The van der Waals surface area contributed by atoms with Crippen LogP contribution in [-0.2, 0) is 30.4 Å². The molecule has 19 heteroatoms. The van der Waals surface area contributed by atoms with Crippen molar-refractivity contribution >= 4 is 74.6 Å². The highest BCUT2D eigenvalue weighted by atomic mass is 32.2. The molecular formula is C26H18N4O12S3. The molecule has 0 bridgehead atoms. The molecule has 5 rings (SSSR count). The summed E-state index contributed by atoms with van der Waals surface area (Å²) in [4.78, 5) is -1.92. The van der Waals surface area contributed by atoms with Gasteiger partial charge in [0.25, 0.3) is 30.4 Å². The van der Waals surface area contributed by atoms with Crippen LogP contribution in [0.15, 0.2) is 108 Å². The van der Waals surface area contributed by atoms with E-state index in [0.29, 0.717) is 6.07 Å². The molecule has 0 fully saturated rings. The third-order valence-corrected chi connectivity index (χ3v) is 8.87. The van der Waals surface area contributed by atoms with Gasteiger partial charge >= 0.3 is 0 Å². The van der Waals surface area contributed by atoms with E-state index >= 15 is 0 Å². The van der Waals surface area contributed by atoms with E-state index in [9.17, 15) is 54.2 Å². The Morgan fingerprint density at radius 3 is 1.53 bits per heavy atom. The van der Waals surface area contributed by atoms with Crippen LogP contribution in [-0.4, -0.2) is 54.2 Å². The third-order valence-electron chi connectivity index (χ3n) is 6.29. The van der Waals surface area contributed by atoms with Gasteiger partial charge in [-0.15, -0.1) is 20.5 Å². The van der Waals surface area contributed by atoms with Crippen molar-refractivity contribution in [1.29, 1.82) is 0 Å². The molecule has 16 nitrogen and oxygen atoms in total. The number of hydrogen-bond acceptors (Lipinski definition) is 13. The number of nitrogens with zero attached hydrogens (tertiary/aromatic N) is 4. The Labute approximate surface area is 253 Å². The summed E-state index contributed by atoms with van der Waals surface area (Å²) >= 11 is 0. The molecule has 0 aliphatic rings. The molecule has 45 heavy (non-hydrogen) atoms. The van der Waals surface area contributed by atoms with Crippen molar-refractivity contribution in [2.24, 2.45) is 20.5 Å². The first-order valence-corrected chi connectivity index (χ1v) is 16.4. The number of hydrogen-bond donors (Lipinski definition) is 6. The van der Waals surface area contributed by atoms with Crippen molar-refractivity contribution in [3.05, 3.63) is 72.8 Å². The van der Waals surface area contributed by atoms with Crippen LogP contribution in [0.5, 0.6) is 17.2 Å². The Bertz CT molecular complexity index is 2440. The summed E-state index contributed by atoms with van der Waals surface area (Å²) in [5.41, 5.74) is -0.892. The number of aromatic hydroxyl groups is 3. The minimum atomic E-state index is -4.89. The van der Waals surface area contributed by atoms with E-state index in [1.54, 1.807) is 12.1 Å². The summed E-state index contributed by atoms with van der Waals surface area (Å²) in [7, 11) is -14.3. The Balaban J connectivity index is 1.60. The molecule has 0 saturated heterocycles. The minimum Gasteiger partial charge on any atom is -0.507 e. The fourth-order valence-corrected chi connectivity index (χ4v) is 6.06. The maximum absolute atomic E-state index is 11.9. The zero-order valence-corrected chi connectivity index (χ0v) is 24.5. The van der Waals surface area contributed by atoms with E-state index in [0.717, 1.165) is 36.4 Å². The second-order valence-corrected chi connectivity index (χ2v) is 13.5. The number of benzene rings is 5. The van der Waals surface area contributed by atoms with Crippen molar-refractivity contribution in [2.75, 3.05) is 0 Å². The van der Waals surface area contributed by atoms with Crippen molar-refractivity contribution < 1.29 is 54.2 Å². The first kappa shape index (κ1) is 31.4. The average molecular weight is 675 g/mol. The van der Waals surface area contributed by atoms with Gasteiger partial charge in [0, 0.05) is 29.0 Å². The lowest BCUT2D eigenvalue weighted by Gasteiger charge is -2.09. The summed E-state index contributed by atoms with van der Waals surface area (Å²) < 4.78 is 98.9. The van der Waals surface area contributed by atoms with Crippen molar-refractivity contribution in [1.82, 2.24) is 0 Å². The molecule has 0 unspecified atom stereocenters. The van der Waals surface area contributed by atoms with Crippen LogP contribution in [0.4, 0.5) is 22.7 Å². The van der Waals surface area contributed by atoms with E-state index in [4.69, 9.17) is 0 Å². The standard InChI is InChI=1S/C26H18N4O12S3/c31-22-12-23(32)20(11-19(22)28-27-18-5-6-25(45(40,41)42)17-4-2-1-3-16(17)18)29-30-21-9-14(43(34,35)36)7-13-8-15(44(37,38)39)10-24(33)26(13)21/h1-12,31-33H,(H,34,35,36)(H,37,38,39)(H,40,41,42). The summed E-state index contributed by atoms with van der Waals surface area (Å²) in [6.07, 6.45) is 0. The molecule has 0 saturated carbocycles. The maximum Gasteiger partial charge on any atom is 0.295 e. The van der Waals surface area contributed by atoms with Crippen LogP contribution in [0.1, 0.15) is 0 Å². The minimum absolute atomic E-state index is 0.141. The van der Waals surface area contributed by atoms with Gasteiger partial charge in [0.2, 0.25) is 0 Å². The lowest BCUT2D eigenvalue weighted by atomic mass is 10.1. The number of fused-ring (bicyclic) bond motifs is 2. The fraction of sp³-hybridized carbons (Fsp3) is 0. The van der Waals surface area contributed by atoms with Gasteiger partial charge in [-0.25, -0.2) is 0 Å². The quantitative estimate of drug-likeness (QED) is 0.0898. The van der Waals surface area contributed by atoms with E-state index in [2.05, 4.69) is 20.5 Å². The molecule has 0 amide bonds. The number of phenols is 3. The predicted molar refractivity (Wildman–Crippen MR) is 157 cm³/mol. The summed E-state index contributed by atoms with van der Waals surface area (Å²) in [5.74, 6) is -1.96. The zero-order chi connectivity index (χ0) is 32.9. The van der Waals surface area contributed by atoms with Crippen LogP contribution in [0.25, 0.3) is 21.5 Å². The Hall–Kier alpha value is -5.05. The van der Waals surface area contributed by atoms with Crippen LogP contribution in [0.3, 0.4) is 0 Å². The van der Waals surface area contributed by atoms with E-state index in [1.165, 1.54) is 18.2 Å². The zero-order valence-electron chi connectivity index (χ0n) is 22.1. The van der Waals surface area contributed by atoms with Crippen molar-refractivity contribution in [3.63, 3.8) is 0 Å². The van der Waals surface area contributed by atoms with Gasteiger partial charge < -0.3 is 15.3 Å². The van der Waals surface area contributed by atoms with Crippen LogP contribution >= 0.6 is 0 Å². The van der Waals surface area contributed by atoms with Gasteiger partial charge in [0.15, 0.2) is 0 Å². The largest absolute Gasteiger partial charge is 0.507 e. The van der Waals surface area contributed by atoms with Gasteiger partial charge in [0.1, 0.15) is 33.5 Å². The monoisotopic (exact) mass is 674 g/mol. The summed E-state index contributed by atoms with van der Waals surface area (Å²) in [5, 5.41) is 46.7. The normalized spacial score (nSPS) is 13.0. The number of phenolic OH excluding ortho intramolecular Hbond substituents is 3. The lowest BCUT2D eigenvalue weighted by Crippen LogP contribution is -2.00. The topological polar surface area (TPSA) is 273 Å². The highest BCUT2D eigenvalue weighted by Gasteiger charge is 2.20. The Kier molecular flexibility index (Phi) is 7.77. The first-order valence-electron chi connectivity index (χ1n) is 12.1. The molecule has 6 N–H and O–H groups in total. The van der Waals surface area contributed by atoms with Crippen molar-refractivity contribution in [2.45, 2.75) is 14.7 Å². The van der Waals surface area contributed by atoms with Gasteiger partial charge in [-0.3, -0.25) is 13.7 Å². The van der Waals surface area contributed by atoms with Gasteiger partial charge in [-0.2, -0.15) is 25.3 Å². The summed E-state index contributed by atoms with van der Waals surface area (Å²) in [6.45, 7) is 0. The number of azo groups is 2. The molecule has 0 heterocycles. The summed E-state index contributed by atoms with van der Waals surface area (Å²) in [6, 6.07) is 13.5. The molecule has 232 valence electrons. The lowest BCUT2D eigenvalue weighted by molar-refractivity contribution is 0.452.